The smallest absolute Gasteiger partial charge is 0.396 e. The van der Waals surface area contributed by atoms with Crippen molar-refractivity contribution >= 4 is 33.9 Å². The van der Waals surface area contributed by atoms with Crippen LogP contribution in [0.5, 0.6) is 0 Å². The molecule has 0 bridgehead atoms. The topological polar surface area (TPSA) is 83.8 Å². The van der Waals surface area contributed by atoms with Crippen LogP contribution in [0.3, 0.4) is 0 Å². The molecule has 0 aliphatic carbocycles. The monoisotopic (exact) mass is 262 g/mol. The fourth-order valence-electron chi connectivity index (χ4n) is 0.585. The van der Waals surface area contributed by atoms with Gasteiger partial charge in [0.05, 0.1) is 13.2 Å². The Hall–Kier alpha value is 0.530. The molecule has 0 aliphatic heterocycles. The first-order chi connectivity index (χ1) is 6.56. The van der Waals surface area contributed by atoms with Crippen LogP contribution in [-0.4, -0.2) is 54.3 Å². The molecule has 2 N–H and O–H groups in total. The predicted octanol–water partition coefficient (Wildman–Crippen LogP) is 0.265. The number of hydrogen-bond donors (Lipinski definition) is 2. The molecule has 0 fully saturated rings. The molecule has 0 amide bonds. The zero-order valence-corrected chi connectivity index (χ0v) is 10.0. The highest BCUT2D eigenvalue weighted by molar-refractivity contribution is 8.02. The molecular weight excluding hydrogens is 248 g/mol. The minimum Gasteiger partial charge on any atom is -0.396 e. The molecule has 8 heteroatoms. The van der Waals surface area contributed by atoms with Crippen LogP contribution < -0.4 is 0 Å². The van der Waals surface area contributed by atoms with Crippen LogP contribution in [-0.2, 0) is 14.6 Å². The second kappa shape index (κ2) is 8.81. The van der Waals surface area contributed by atoms with E-state index in [4.69, 9.17) is 9.66 Å². The maximum absolute atomic E-state index is 10.1. The van der Waals surface area contributed by atoms with E-state index in [9.17, 15) is 8.42 Å². The van der Waals surface area contributed by atoms with E-state index in [0.717, 1.165) is 17.3 Å². The summed E-state index contributed by atoms with van der Waals surface area (Å²) in [4.78, 5) is 0. The molecule has 0 saturated carbocycles. The second-order valence-corrected chi connectivity index (χ2v) is 5.74. The third-order valence-electron chi connectivity index (χ3n) is 1.07. The van der Waals surface area contributed by atoms with E-state index in [0.29, 0.717) is 5.75 Å². The summed E-state index contributed by atoms with van der Waals surface area (Å²) in [5, 5.41) is 8.45. The van der Waals surface area contributed by atoms with E-state index < -0.39 is 10.4 Å². The van der Waals surface area contributed by atoms with Crippen LogP contribution in [0.4, 0.5) is 0 Å². The van der Waals surface area contributed by atoms with Gasteiger partial charge in [0, 0.05) is 23.0 Å². The van der Waals surface area contributed by atoms with Crippen molar-refractivity contribution in [2.45, 2.75) is 0 Å². The van der Waals surface area contributed by atoms with Gasteiger partial charge in [0.15, 0.2) is 0 Å². The quantitative estimate of drug-likeness (QED) is 0.455. The Bertz CT molecular complexity index is 216. The summed E-state index contributed by atoms with van der Waals surface area (Å²) < 4.78 is 32.5. The summed E-state index contributed by atoms with van der Waals surface area (Å²) in [5.41, 5.74) is 0. The summed E-state index contributed by atoms with van der Waals surface area (Å²) in [6, 6.07) is 0. The van der Waals surface area contributed by atoms with Gasteiger partial charge in [0.25, 0.3) is 0 Å². The van der Waals surface area contributed by atoms with Gasteiger partial charge in [-0.1, -0.05) is 0 Å². The van der Waals surface area contributed by atoms with Crippen LogP contribution >= 0.6 is 23.5 Å². The molecule has 0 unspecified atom stereocenters. The highest BCUT2D eigenvalue weighted by Gasteiger charge is 2.02. The standard InChI is InChI=1S/C6H14O5S3/c7-1-3-12-5-6-13-4-2-11-14(8,9)10/h7H,1-6H2,(H,8,9,10). The molecule has 14 heavy (non-hydrogen) atoms. The van der Waals surface area contributed by atoms with E-state index in [1.54, 1.807) is 23.5 Å². The predicted molar refractivity (Wildman–Crippen MR) is 59.2 cm³/mol. The van der Waals surface area contributed by atoms with Gasteiger partial charge in [-0.15, -0.1) is 0 Å². The summed E-state index contributed by atoms with van der Waals surface area (Å²) in [6.45, 7) is 0.176. The fraction of sp³-hybridized carbons (Fsp3) is 1.00. The zero-order chi connectivity index (χ0) is 10.9. The van der Waals surface area contributed by atoms with Gasteiger partial charge in [0.2, 0.25) is 0 Å². The van der Waals surface area contributed by atoms with Gasteiger partial charge in [-0.2, -0.15) is 31.9 Å². The maximum atomic E-state index is 10.1. The molecule has 0 spiro atoms. The van der Waals surface area contributed by atoms with Gasteiger partial charge in [0.1, 0.15) is 0 Å². The van der Waals surface area contributed by atoms with Gasteiger partial charge in [-0.25, -0.2) is 4.18 Å². The summed E-state index contributed by atoms with van der Waals surface area (Å²) in [7, 11) is -4.28. The number of rotatable bonds is 9. The van der Waals surface area contributed by atoms with E-state index >= 15 is 0 Å². The molecule has 86 valence electrons. The van der Waals surface area contributed by atoms with Crippen molar-refractivity contribution in [3.63, 3.8) is 0 Å². The minimum atomic E-state index is -4.28. The van der Waals surface area contributed by atoms with E-state index in [2.05, 4.69) is 4.18 Å². The van der Waals surface area contributed by atoms with Gasteiger partial charge < -0.3 is 5.11 Å². The molecule has 0 atom stereocenters. The van der Waals surface area contributed by atoms with Crippen molar-refractivity contribution in [3.05, 3.63) is 0 Å². The molecule has 0 heterocycles. The third kappa shape index (κ3) is 12.5. The number of aliphatic hydroxyl groups is 1. The van der Waals surface area contributed by atoms with Gasteiger partial charge >= 0.3 is 10.4 Å². The molecule has 0 aromatic rings. The van der Waals surface area contributed by atoms with Crippen LogP contribution in [0.1, 0.15) is 0 Å². The lowest BCUT2D eigenvalue weighted by molar-refractivity contribution is 0.285. The third-order valence-corrected chi connectivity index (χ3v) is 3.70. The van der Waals surface area contributed by atoms with Gasteiger partial charge in [-0.3, -0.25) is 4.55 Å². The zero-order valence-electron chi connectivity index (χ0n) is 7.59. The highest BCUT2D eigenvalue weighted by Crippen LogP contribution is 2.06. The first-order valence-electron chi connectivity index (χ1n) is 3.94. The van der Waals surface area contributed by atoms with Crippen molar-refractivity contribution in [1.29, 1.82) is 0 Å². The van der Waals surface area contributed by atoms with Crippen molar-refractivity contribution < 1.29 is 22.3 Å². The lowest BCUT2D eigenvalue weighted by Gasteiger charge is -2.00. The Morgan fingerprint density at radius 1 is 1.07 bits per heavy atom. The van der Waals surface area contributed by atoms with Crippen LogP contribution in [0, 0.1) is 0 Å². The number of thioether (sulfide) groups is 2. The lowest BCUT2D eigenvalue weighted by Crippen LogP contribution is -2.06. The van der Waals surface area contributed by atoms with Crippen LogP contribution in [0.2, 0.25) is 0 Å². The Labute approximate surface area is 92.6 Å². The number of aliphatic hydroxyl groups excluding tert-OH is 1. The molecule has 0 aromatic heterocycles. The van der Waals surface area contributed by atoms with Gasteiger partial charge in [-0.05, 0) is 0 Å². The maximum Gasteiger partial charge on any atom is 0.397 e. The Balaban J connectivity index is 3.07. The summed E-state index contributed by atoms with van der Waals surface area (Å²) >= 11 is 3.18. The summed E-state index contributed by atoms with van der Waals surface area (Å²) in [5.74, 6) is 3.04. The first-order valence-corrected chi connectivity index (χ1v) is 7.62. The average molecular weight is 262 g/mol. The van der Waals surface area contributed by atoms with Crippen LogP contribution in [0.25, 0.3) is 0 Å². The summed E-state index contributed by atoms with van der Waals surface area (Å²) in [6.07, 6.45) is 0. The van der Waals surface area contributed by atoms with Crippen molar-refractivity contribution in [2.75, 3.05) is 36.2 Å². The lowest BCUT2D eigenvalue weighted by atomic mass is 10.9. The molecule has 5 nitrogen and oxygen atoms in total. The fourth-order valence-corrected chi connectivity index (χ4v) is 2.67. The largest absolute Gasteiger partial charge is 0.397 e. The van der Waals surface area contributed by atoms with E-state index in [1.165, 1.54) is 0 Å². The first kappa shape index (κ1) is 14.5. The Kier molecular flexibility index (Phi) is 9.14. The van der Waals surface area contributed by atoms with Crippen molar-refractivity contribution in [3.8, 4) is 0 Å². The molecule has 0 aromatic carbocycles. The Morgan fingerprint density at radius 3 is 2.14 bits per heavy atom. The highest BCUT2D eigenvalue weighted by atomic mass is 32.3. The SMILES string of the molecule is O=S(=O)(O)OCCSCCSCCO. The van der Waals surface area contributed by atoms with Crippen molar-refractivity contribution in [1.82, 2.24) is 0 Å². The molecule has 0 rings (SSSR count). The molecular formula is C6H14O5S3. The van der Waals surface area contributed by atoms with Crippen LogP contribution in [0.15, 0.2) is 0 Å². The molecule has 0 saturated heterocycles. The van der Waals surface area contributed by atoms with E-state index in [-0.39, 0.29) is 13.2 Å². The van der Waals surface area contributed by atoms with E-state index in [1.807, 2.05) is 0 Å². The minimum absolute atomic E-state index is 0.00579. The normalized spacial score (nSPS) is 11.9. The average Bonchev–Trinajstić information content (AvgIpc) is 2.08. The molecule has 0 radical (unpaired) electrons. The second-order valence-electron chi connectivity index (χ2n) is 2.20. The Morgan fingerprint density at radius 2 is 1.64 bits per heavy atom. The number of hydrogen-bond acceptors (Lipinski definition) is 6. The molecule has 0 aliphatic rings. The van der Waals surface area contributed by atoms with Crippen molar-refractivity contribution in [2.24, 2.45) is 0 Å².